The Hall–Kier alpha value is -2.36. The molecule has 2 aromatic heterocycles. The predicted molar refractivity (Wildman–Crippen MR) is 127 cm³/mol. The normalized spacial score (nSPS) is 11.4. The highest BCUT2D eigenvalue weighted by molar-refractivity contribution is 14.0. The van der Waals surface area contributed by atoms with Gasteiger partial charge in [-0.25, -0.2) is 4.98 Å². The Labute approximate surface area is 188 Å². The second-order valence-electron chi connectivity index (χ2n) is 6.94. The number of aryl methyl sites for hydroxylation is 1. The lowest BCUT2D eigenvalue weighted by Crippen LogP contribution is -2.37. The number of nitrogens with zero attached hydrogens (tertiary/aromatic N) is 3. The SMILES string of the molecule is CN=C(NCCCc1ccc(C(C)C)cc1)NCc1nc(-c2ccco2)n[nH]1.I. The minimum Gasteiger partial charge on any atom is -0.461 e. The zero-order valence-electron chi connectivity index (χ0n) is 17.1. The van der Waals surface area contributed by atoms with Crippen molar-refractivity contribution < 1.29 is 4.42 Å². The summed E-state index contributed by atoms with van der Waals surface area (Å²) in [6, 6.07) is 12.5. The van der Waals surface area contributed by atoms with Gasteiger partial charge in [0.1, 0.15) is 5.82 Å². The van der Waals surface area contributed by atoms with Crippen LogP contribution in [0, 0.1) is 0 Å². The molecule has 3 N–H and O–H groups in total. The summed E-state index contributed by atoms with van der Waals surface area (Å²) in [6.45, 7) is 5.78. The third-order valence-electron chi connectivity index (χ3n) is 4.50. The Morgan fingerprint density at radius 2 is 1.97 bits per heavy atom. The maximum absolute atomic E-state index is 5.30. The minimum atomic E-state index is 0. The monoisotopic (exact) mass is 508 g/mol. The molecule has 2 heterocycles. The van der Waals surface area contributed by atoms with Crippen LogP contribution < -0.4 is 10.6 Å². The van der Waals surface area contributed by atoms with Gasteiger partial charge in [0.2, 0.25) is 5.82 Å². The topological polar surface area (TPSA) is 91.1 Å². The number of nitrogens with one attached hydrogen (secondary N) is 3. The first-order chi connectivity index (χ1) is 13.7. The molecule has 0 fully saturated rings. The molecule has 0 saturated carbocycles. The molecule has 0 atom stereocenters. The number of aromatic nitrogens is 3. The molecule has 1 aromatic carbocycles. The van der Waals surface area contributed by atoms with E-state index in [1.54, 1.807) is 13.3 Å². The summed E-state index contributed by atoms with van der Waals surface area (Å²) < 4.78 is 5.30. The zero-order valence-corrected chi connectivity index (χ0v) is 19.4. The van der Waals surface area contributed by atoms with E-state index in [4.69, 9.17) is 4.42 Å². The molecular formula is C21H29IN6O. The van der Waals surface area contributed by atoms with Crippen molar-refractivity contribution in [2.24, 2.45) is 4.99 Å². The number of aromatic amines is 1. The van der Waals surface area contributed by atoms with Gasteiger partial charge >= 0.3 is 0 Å². The molecule has 0 aliphatic carbocycles. The molecule has 0 aliphatic heterocycles. The van der Waals surface area contributed by atoms with E-state index in [2.05, 4.69) is 68.9 Å². The average molecular weight is 508 g/mol. The maximum Gasteiger partial charge on any atom is 0.216 e. The van der Waals surface area contributed by atoms with Crippen molar-refractivity contribution in [2.75, 3.05) is 13.6 Å². The van der Waals surface area contributed by atoms with Crippen molar-refractivity contribution in [2.45, 2.75) is 39.2 Å². The molecule has 3 rings (SSSR count). The molecule has 0 saturated heterocycles. The maximum atomic E-state index is 5.30. The van der Waals surface area contributed by atoms with Gasteiger partial charge in [-0.15, -0.1) is 29.1 Å². The summed E-state index contributed by atoms with van der Waals surface area (Å²) in [6.07, 6.45) is 3.68. The van der Waals surface area contributed by atoms with Gasteiger partial charge in [-0.1, -0.05) is 38.1 Å². The van der Waals surface area contributed by atoms with Crippen LogP contribution in [0.25, 0.3) is 11.6 Å². The summed E-state index contributed by atoms with van der Waals surface area (Å²) in [5.74, 6) is 3.23. The Morgan fingerprint density at radius 3 is 2.62 bits per heavy atom. The van der Waals surface area contributed by atoms with Crippen molar-refractivity contribution in [3.63, 3.8) is 0 Å². The molecule has 156 valence electrons. The standard InChI is InChI=1S/C21H28N6O.HI/c1-15(2)17-10-8-16(9-11-17)6-4-12-23-21(22-3)24-14-19-25-20(27-26-19)18-7-5-13-28-18;/h5,7-11,13,15H,4,6,12,14H2,1-3H3,(H2,22,23,24)(H,25,26,27);1H. The van der Waals surface area contributed by atoms with Crippen LogP contribution in [0.1, 0.15) is 43.1 Å². The molecule has 0 radical (unpaired) electrons. The predicted octanol–water partition coefficient (Wildman–Crippen LogP) is 4.10. The first-order valence-corrected chi connectivity index (χ1v) is 9.64. The van der Waals surface area contributed by atoms with E-state index in [0.717, 1.165) is 31.2 Å². The van der Waals surface area contributed by atoms with Crippen LogP contribution in [0.3, 0.4) is 0 Å². The highest BCUT2D eigenvalue weighted by atomic mass is 127. The third kappa shape index (κ3) is 6.88. The lowest BCUT2D eigenvalue weighted by molar-refractivity contribution is 0.577. The first-order valence-electron chi connectivity index (χ1n) is 9.64. The van der Waals surface area contributed by atoms with Gasteiger partial charge in [0, 0.05) is 13.6 Å². The number of aliphatic imine (C=N–C) groups is 1. The number of guanidine groups is 1. The summed E-state index contributed by atoms with van der Waals surface area (Å²) >= 11 is 0. The van der Waals surface area contributed by atoms with Gasteiger partial charge in [0.25, 0.3) is 0 Å². The third-order valence-corrected chi connectivity index (χ3v) is 4.50. The number of hydrogen-bond acceptors (Lipinski definition) is 4. The molecule has 0 amide bonds. The van der Waals surface area contributed by atoms with E-state index in [-0.39, 0.29) is 24.0 Å². The summed E-state index contributed by atoms with van der Waals surface area (Å²) in [4.78, 5) is 8.66. The Kier molecular flexibility index (Phi) is 9.17. The molecule has 0 spiro atoms. The number of rotatable bonds is 8. The fourth-order valence-corrected chi connectivity index (χ4v) is 2.85. The van der Waals surface area contributed by atoms with Gasteiger partial charge in [0.05, 0.1) is 12.8 Å². The van der Waals surface area contributed by atoms with Crippen molar-refractivity contribution in [1.29, 1.82) is 0 Å². The molecule has 0 unspecified atom stereocenters. The lowest BCUT2D eigenvalue weighted by atomic mass is 10.0. The highest BCUT2D eigenvalue weighted by Crippen LogP contribution is 2.15. The van der Waals surface area contributed by atoms with Crippen LogP contribution in [0.5, 0.6) is 0 Å². The molecule has 7 nitrogen and oxygen atoms in total. The van der Waals surface area contributed by atoms with Gasteiger partial charge < -0.3 is 15.1 Å². The molecule has 29 heavy (non-hydrogen) atoms. The van der Waals surface area contributed by atoms with Gasteiger partial charge in [-0.2, -0.15) is 0 Å². The van der Waals surface area contributed by atoms with E-state index in [9.17, 15) is 0 Å². The van der Waals surface area contributed by atoms with Gasteiger partial charge in [-0.05, 0) is 42.0 Å². The van der Waals surface area contributed by atoms with Crippen molar-refractivity contribution in [3.05, 3.63) is 59.6 Å². The molecule has 3 aromatic rings. The molecule has 0 aliphatic rings. The zero-order chi connectivity index (χ0) is 19.8. The number of benzene rings is 1. The summed E-state index contributed by atoms with van der Waals surface area (Å²) in [5, 5.41) is 13.6. The van der Waals surface area contributed by atoms with E-state index >= 15 is 0 Å². The second-order valence-corrected chi connectivity index (χ2v) is 6.94. The summed E-state index contributed by atoms with van der Waals surface area (Å²) in [5.41, 5.74) is 2.75. The van der Waals surface area contributed by atoms with Crippen LogP contribution >= 0.6 is 24.0 Å². The molecule has 8 heteroatoms. The number of H-pyrrole nitrogens is 1. The van der Waals surface area contributed by atoms with E-state index < -0.39 is 0 Å². The quantitative estimate of drug-likeness (QED) is 0.185. The largest absolute Gasteiger partial charge is 0.461 e. The Morgan fingerprint density at radius 1 is 1.17 bits per heavy atom. The first kappa shape index (κ1) is 22.9. The fourth-order valence-electron chi connectivity index (χ4n) is 2.85. The van der Waals surface area contributed by atoms with Gasteiger partial charge in [-0.3, -0.25) is 10.1 Å². The van der Waals surface area contributed by atoms with Crippen molar-refractivity contribution in [1.82, 2.24) is 25.8 Å². The highest BCUT2D eigenvalue weighted by Gasteiger charge is 2.08. The smallest absolute Gasteiger partial charge is 0.216 e. The molecular weight excluding hydrogens is 479 g/mol. The van der Waals surface area contributed by atoms with E-state index in [1.807, 2.05) is 12.1 Å². The minimum absolute atomic E-state index is 0. The van der Waals surface area contributed by atoms with Crippen LogP contribution in [0.15, 0.2) is 52.1 Å². The van der Waals surface area contributed by atoms with Gasteiger partial charge in [0.15, 0.2) is 11.7 Å². The average Bonchev–Trinajstić information content (AvgIpc) is 3.39. The summed E-state index contributed by atoms with van der Waals surface area (Å²) in [7, 11) is 1.76. The lowest BCUT2D eigenvalue weighted by Gasteiger charge is -2.11. The van der Waals surface area contributed by atoms with Crippen molar-refractivity contribution >= 4 is 29.9 Å². The van der Waals surface area contributed by atoms with Crippen LogP contribution in [-0.2, 0) is 13.0 Å². The van der Waals surface area contributed by atoms with Crippen LogP contribution in [0.2, 0.25) is 0 Å². The number of halogens is 1. The fraction of sp³-hybridized carbons (Fsp3) is 0.381. The van der Waals surface area contributed by atoms with Crippen LogP contribution in [-0.4, -0.2) is 34.7 Å². The van der Waals surface area contributed by atoms with E-state index in [1.165, 1.54) is 11.1 Å². The van der Waals surface area contributed by atoms with Crippen LogP contribution in [0.4, 0.5) is 0 Å². The molecule has 0 bridgehead atoms. The second kappa shape index (κ2) is 11.6. The Bertz CT molecular complexity index is 871. The number of hydrogen-bond donors (Lipinski definition) is 3. The Balaban J connectivity index is 0.00000300. The van der Waals surface area contributed by atoms with Crippen molar-refractivity contribution in [3.8, 4) is 11.6 Å². The number of furan rings is 1. The van der Waals surface area contributed by atoms with E-state index in [0.29, 0.717) is 24.0 Å².